The summed E-state index contributed by atoms with van der Waals surface area (Å²) in [6.07, 6.45) is 2.22. The summed E-state index contributed by atoms with van der Waals surface area (Å²) >= 11 is 0. The average molecular weight is 142 g/mol. The Labute approximate surface area is 61.4 Å². The van der Waals surface area contributed by atoms with Crippen LogP contribution in [0.25, 0.3) is 0 Å². The van der Waals surface area contributed by atoms with Gasteiger partial charge in [-0.05, 0) is 32.4 Å². The summed E-state index contributed by atoms with van der Waals surface area (Å²) in [5.74, 6) is 0.725. The van der Waals surface area contributed by atoms with Gasteiger partial charge in [0, 0.05) is 6.54 Å². The van der Waals surface area contributed by atoms with Crippen LogP contribution in [0.5, 0.6) is 0 Å². The average Bonchev–Trinajstić information content (AvgIpc) is 2.31. The Kier molecular flexibility index (Phi) is 2.81. The fourth-order valence-corrected chi connectivity index (χ4v) is 1.50. The topological polar surface area (TPSA) is 32.7 Å². The predicted octanol–water partition coefficient (Wildman–Crippen LogP) is 1.09. The van der Waals surface area contributed by atoms with Crippen molar-refractivity contribution in [3.05, 3.63) is 4.91 Å². The lowest BCUT2D eigenvalue weighted by atomic mass is 10.1. The number of hydrogen-bond donors (Lipinski definition) is 0. The summed E-state index contributed by atoms with van der Waals surface area (Å²) in [4.78, 5) is 12.1. The van der Waals surface area contributed by atoms with Crippen molar-refractivity contribution in [3.8, 4) is 0 Å². The molecule has 1 aliphatic rings. The summed E-state index contributed by atoms with van der Waals surface area (Å²) < 4.78 is 0. The normalized spacial score (nSPS) is 27.1. The van der Waals surface area contributed by atoms with Gasteiger partial charge in [-0.1, -0.05) is 5.18 Å². The molecule has 0 saturated carbocycles. The fraction of sp³-hybridized carbons (Fsp3) is 1.00. The van der Waals surface area contributed by atoms with Crippen LogP contribution in [-0.4, -0.2) is 31.6 Å². The smallest absolute Gasteiger partial charge is 0.0814 e. The first-order valence-corrected chi connectivity index (χ1v) is 3.80. The molecule has 1 fully saturated rings. The lowest BCUT2D eigenvalue weighted by molar-refractivity contribution is 0.389. The van der Waals surface area contributed by atoms with E-state index in [1.54, 1.807) is 0 Å². The summed E-state index contributed by atoms with van der Waals surface area (Å²) in [6, 6.07) is 0. The molecule has 0 N–H and O–H groups in total. The lowest BCUT2D eigenvalue weighted by Crippen LogP contribution is -2.14. The van der Waals surface area contributed by atoms with Crippen molar-refractivity contribution in [2.75, 3.05) is 26.7 Å². The molecule has 10 heavy (non-hydrogen) atoms. The second-order valence-electron chi connectivity index (χ2n) is 3.06. The number of nitroso groups, excluding NO2 is 1. The van der Waals surface area contributed by atoms with Crippen LogP contribution in [0.3, 0.4) is 0 Å². The zero-order chi connectivity index (χ0) is 7.40. The van der Waals surface area contributed by atoms with Gasteiger partial charge in [0.05, 0.1) is 6.54 Å². The van der Waals surface area contributed by atoms with Gasteiger partial charge < -0.3 is 4.90 Å². The van der Waals surface area contributed by atoms with Gasteiger partial charge in [-0.2, -0.15) is 4.91 Å². The van der Waals surface area contributed by atoms with Crippen molar-refractivity contribution in [1.82, 2.24) is 4.90 Å². The second-order valence-corrected chi connectivity index (χ2v) is 3.06. The van der Waals surface area contributed by atoms with E-state index < -0.39 is 0 Å². The van der Waals surface area contributed by atoms with Crippen LogP contribution in [0.2, 0.25) is 0 Å². The van der Waals surface area contributed by atoms with E-state index in [2.05, 4.69) is 17.1 Å². The summed E-state index contributed by atoms with van der Waals surface area (Å²) in [7, 11) is 2.12. The Morgan fingerprint density at radius 3 is 3.00 bits per heavy atom. The molecule has 1 aliphatic heterocycles. The van der Waals surface area contributed by atoms with E-state index >= 15 is 0 Å². The molecular formula is C7H14N2O. The largest absolute Gasteiger partial charge is 0.306 e. The lowest BCUT2D eigenvalue weighted by Gasteiger charge is -2.06. The zero-order valence-electron chi connectivity index (χ0n) is 6.42. The maximum atomic E-state index is 9.78. The molecule has 1 atom stereocenters. The van der Waals surface area contributed by atoms with Gasteiger partial charge in [-0.15, -0.1) is 0 Å². The minimum absolute atomic E-state index is 0.499. The standard InChI is InChI=1S/C7H14N2O/c1-9-5-3-7(6-9)2-4-8-10/h7H,2-6H2,1H3. The van der Waals surface area contributed by atoms with Gasteiger partial charge in [0.25, 0.3) is 0 Å². The zero-order valence-corrected chi connectivity index (χ0v) is 6.42. The summed E-state index contributed by atoms with van der Waals surface area (Å²) in [5.41, 5.74) is 0. The predicted molar refractivity (Wildman–Crippen MR) is 40.9 cm³/mol. The SMILES string of the molecule is CN1CCC(CCN=O)C1. The highest BCUT2D eigenvalue weighted by Gasteiger charge is 2.18. The maximum Gasteiger partial charge on any atom is 0.0814 e. The van der Waals surface area contributed by atoms with E-state index in [1.165, 1.54) is 13.0 Å². The third kappa shape index (κ3) is 2.06. The van der Waals surface area contributed by atoms with Crippen LogP contribution in [0.4, 0.5) is 0 Å². The minimum Gasteiger partial charge on any atom is -0.306 e. The molecule has 1 unspecified atom stereocenters. The Morgan fingerprint density at radius 1 is 1.70 bits per heavy atom. The third-order valence-corrected chi connectivity index (χ3v) is 2.12. The van der Waals surface area contributed by atoms with Crippen molar-refractivity contribution >= 4 is 0 Å². The molecule has 0 aromatic carbocycles. The molecule has 0 amide bonds. The Balaban J connectivity index is 2.12. The van der Waals surface area contributed by atoms with Crippen LogP contribution in [0, 0.1) is 10.8 Å². The molecule has 0 aliphatic carbocycles. The first kappa shape index (κ1) is 7.66. The highest BCUT2D eigenvalue weighted by molar-refractivity contribution is 4.73. The van der Waals surface area contributed by atoms with E-state index in [-0.39, 0.29) is 0 Å². The maximum absolute atomic E-state index is 9.78. The van der Waals surface area contributed by atoms with E-state index in [0.29, 0.717) is 6.54 Å². The van der Waals surface area contributed by atoms with Crippen LogP contribution < -0.4 is 0 Å². The molecule has 0 aromatic heterocycles. The van der Waals surface area contributed by atoms with Gasteiger partial charge in [-0.25, -0.2) is 0 Å². The van der Waals surface area contributed by atoms with E-state index in [0.717, 1.165) is 18.9 Å². The summed E-state index contributed by atoms with van der Waals surface area (Å²) in [5, 5.41) is 2.86. The monoisotopic (exact) mass is 142 g/mol. The van der Waals surface area contributed by atoms with Gasteiger partial charge >= 0.3 is 0 Å². The van der Waals surface area contributed by atoms with Crippen LogP contribution in [0.15, 0.2) is 5.18 Å². The van der Waals surface area contributed by atoms with E-state index in [4.69, 9.17) is 0 Å². The molecule has 3 heteroatoms. The third-order valence-electron chi connectivity index (χ3n) is 2.12. The molecule has 1 heterocycles. The second kappa shape index (κ2) is 3.66. The number of rotatable bonds is 3. The molecule has 0 bridgehead atoms. The molecule has 3 nitrogen and oxygen atoms in total. The highest BCUT2D eigenvalue weighted by atomic mass is 16.3. The minimum atomic E-state index is 0.499. The van der Waals surface area contributed by atoms with Crippen LogP contribution in [0.1, 0.15) is 12.8 Å². The van der Waals surface area contributed by atoms with Gasteiger partial charge in [-0.3, -0.25) is 0 Å². The van der Waals surface area contributed by atoms with E-state index in [1.807, 2.05) is 0 Å². The first-order valence-electron chi connectivity index (χ1n) is 3.80. The van der Waals surface area contributed by atoms with Crippen molar-refractivity contribution in [2.24, 2.45) is 11.1 Å². The number of hydrogen-bond acceptors (Lipinski definition) is 3. The van der Waals surface area contributed by atoms with Crippen molar-refractivity contribution in [2.45, 2.75) is 12.8 Å². The number of nitrogens with zero attached hydrogens (tertiary/aromatic N) is 2. The summed E-state index contributed by atoms with van der Waals surface area (Å²) in [6.45, 7) is 2.83. The quantitative estimate of drug-likeness (QED) is 0.553. The molecule has 0 aromatic rings. The molecule has 0 spiro atoms. The van der Waals surface area contributed by atoms with Crippen molar-refractivity contribution < 1.29 is 0 Å². The molecular weight excluding hydrogens is 128 g/mol. The van der Waals surface area contributed by atoms with Gasteiger partial charge in [0.1, 0.15) is 0 Å². The Bertz CT molecular complexity index is 116. The first-order chi connectivity index (χ1) is 4.83. The molecule has 58 valence electrons. The van der Waals surface area contributed by atoms with Gasteiger partial charge in [0.15, 0.2) is 0 Å². The Morgan fingerprint density at radius 2 is 2.50 bits per heavy atom. The fourth-order valence-electron chi connectivity index (χ4n) is 1.50. The van der Waals surface area contributed by atoms with Crippen LogP contribution >= 0.6 is 0 Å². The van der Waals surface area contributed by atoms with Crippen molar-refractivity contribution in [1.29, 1.82) is 0 Å². The van der Waals surface area contributed by atoms with E-state index in [9.17, 15) is 4.91 Å². The Hall–Kier alpha value is -0.440. The van der Waals surface area contributed by atoms with Gasteiger partial charge in [0.2, 0.25) is 0 Å². The molecule has 1 rings (SSSR count). The highest BCUT2D eigenvalue weighted by Crippen LogP contribution is 2.17. The molecule has 1 saturated heterocycles. The van der Waals surface area contributed by atoms with Crippen LogP contribution in [-0.2, 0) is 0 Å². The van der Waals surface area contributed by atoms with Crippen molar-refractivity contribution in [3.63, 3.8) is 0 Å². The number of likely N-dealkylation sites (tertiary alicyclic amines) is 1. The molecule has 0 radical (unpaired) electrons.